The first-order valence-electron chi connectivity index (χ1n) is 10.6. The SMILES string of the molecule is C[C@H](Oc1ccc2c(c1)CCCC2)C(=O)NCc1cccc(N2CCCC2=O)c1. The van der Waals surface area contributed by atoms with Crippen LogP contribution >= 0.6 is 0 Å². The summed E-state index contributed by atoms with van der Waals surface area (Å²) in [7, 11) is 0. The molecular weight excluding hydrogens is 364 g/mol. The number of anilines is 1. The second-order valence-electron chi connectivity index (χ2n) is 7.93. The molecule has 0 unspecified atom stereocenters. The van der Waals surface area contributed by atoms with E-state index in [0.717, 1.165) is 42.8 Å². The number of amides is 2. The van der Waals surface area contributed by atoms with E-state index in [0.29, 0.717) is 13.0 Å². The Labute approximate surface area is 172 Å². The zero-order chi connectivity index (χ0) is 20.2. The van der Waals surface area contributed by atoms with Crippen molar-refractivity contribution < 1.29 is 14.3 Å². The highest BCUT2D eigenvalue weighted by atomic mass is 16.5. The van der Waals surface area contributed by atoms with Crippen LogP contribution in [0.15, 0.2) is 42.5 Å². The fourth-order valence-corrected chi connectivity index (χ4v) is 4.13. The summed E-state index contributed by atoms with van der Waals surface area (Å²) in [5.41, 5.74) is 4.61. The molecule has 1 aliphatic heterocycles. The molecule has 1 fully saturated rings. The van der Waals surface area contributed by atoms with E-state index in [4.69, 9.17) is 4.74 Å². The largest absolute Gasteiger partial charge is 0.481 e. The summed E-state index contributed by atoms with van der Waals surface area (Å²) in [6.45, 7) is 2.95. The van der Waals surface area contributed by atoms with E-state index in [-0.39, 0.29) is 11.8 Å². The molecule has 0 radical (unpaired) electrons. The second-order valence-corrected chi connectivity index (χ2v) is 7.93. The van der Waals surface area contributed by atoms with Gasteiger partial charge in [-0.25, -0.2) is 0 Å². The number of benzene rings is 2. The van der Waals surface area contributed by atoms with Crippen molar-refractivity contribution in [1.29, 1.82) is 0 Å². The summed E-state index contributed by atoms with van der Waals surface area (Å²) in [4.78, 5) is 26.3. The van der Waals surface area contributed by atoms with E-state index in [1.165, 1.54) is 24.0 Å². The van der Waals surface area contributed by atoms with E-state index < -0.39 is 6.10 Å². The van der Waals surface area contributed by atoms with Crippen LogP contribution < -0.4 is 15.0 Å². The van der Waals surface area contributed by atoms with Crippen LogP contribution in [0.4, 0.5) is 5.69 Å². The molecule has 5 nitrogen and oxygen atoms in total. The Hall–Kier alpha value is -2.82. The van der Waals surface area contributed by atoms with Crippen LogP contribution in [-0.4, -0.2) is 24.5 Å². The molecule has 2 aromatic rings. The van der Waals surface area contributed by atoms with Crippen molar-refractivity contribution in [2.24, 2.45) is 0 Å². The van der Waals surface area contributed by atoms with Crippen LogP contribution in [0.3, 0.4) is 0 Å². The molecule has 5 heteroatoms. The minimum Gasteiger partial charge on any atom is -0.481 e. The first-order valence-corrected chi connectivity index (χ1v) is 10.6. The Morgan fingerprint density at radius 1 is 1.07 bits per heavy atom. The van der Waals surface area contributed by atoms with Crippen LogP contribution in [0.25, 0.3) is 0 Å². The third-order valence-electron chi connectivity index (χ3n) is 5.76. The lowest BCUT2D eigenvalue weighted by Crippen LogP contribution is -2.36. The number of fused-ring (bicyclic) bond motifs is 1. The van der Waals surface area contributed by atoms with Crippen molar-refractivity contribution in [1.82, 2.24) is 5.32 Å². The second kappa shape index (κ2) is 8.68. The zero-order valence-electron chi connectivity index (χ0n) is 16.9. The van der Waals surface area contributed by atoms with Crippen LogP contribution in [-0.2, 0) is 29.0 Å². The molecule has 1 heterocycles. The third-order valence-corrected chi connectivity index (χ3v) is 5.76. The summed E-state index contributed by atoms with van der Waals surface area (Å²) in [6.07, 6.45) is 5.63. The van der Waals surface area contributed by atoms with Gasteiger partial charge in [0.05, 0.1) is 0 Å². The quantitative estimate of drug-likeness (QED) is 0.814. The predicted octanol–water partition coefficient (Wildman–Crippen LogP) is 3.78. The van der Waals surface area contributed by atoms with Gasteiger partial charge in [-0.15, -0.1) is 0 Å². The molecule has 1 saturated heterocycles. The molecule has 29 heavy (non-hydrogen) atoms. The number of rotatable bonds is 6. The van der Waals surface area contributed by atoms with Gasteiger partial charge in [0.15, 0.2) is 6.10 Å². The molecular formula is C24H28N2O3. The summed E-state index contributed by atoms with van der Waals surface area (Å²) >= 11 is 0. The van der Waals surface area contributed by atoms with Crippen molar-refractivity contribution in [3.8, 4) is 5.75 Å². The monoisotopic (exact) mass is 392 g/mol. The number of aryl methyl sites for hydroxylation is 2. The molecule has 2 aromatic carbocycles. The van der Waals surface area contributed by atoms with Gasteiger partial charge in [-0.2, -0.15) is 0 Å². The number of hydrogen-bond donors (Lipinski definition) is 1. The van der Waals surface area contributed by atoms with Gasteiger partial charge in [-0.3, -0.25) is 9.59 Å². The highest BCUT2D eigenvalue weighted by Gasteiger charge is 2.22. The maximum atomic E-state index is 12.5. The molecule has 4 rings (SSSR count). The molecule has 1 aliphatic carbocycles. The van der Waals surface area contributed by atoms with Crippen LogP contribution in [0.5, 0.6) is 5.75 Å². The Bertz CT molecular complexity index is 909. The van der Waals surface area contributed by atoms with E-state index in [9.17, 15) is 9.59 Å². The Morgan fingerprint density at radius 3 is 2.69 bits per heavy atom. The van der Waals surface area contributed by atoms with Gasteiger partial charge in [-0.1, -0.05) is 18.2 Å². The predicted molar refractivity (Wildman–Crippen MR) is 113 cm³/mol. The standard InChI is InChI=1S/C24H28N2O3/c1-17(29-22-12-11-19-7-2-3-8-20(19)15-22)24(28)25-16-18-6-4-9-21(14-18)26-13-5-10-23(26)27/h4,6,9,11-12,14-15,17H,2-3,5,7-8,10,13,16H2,1H3,(H,25,28)/t17-/m0/s1. The molecule has 2 amide bonds. The van der Waals surface area contributed by atoms with Gasteiger partial charge in [0.2, 0.25) is 5.91 Å². The highest BCUT2D eigenvalue weighted by molar-refractivity contribution is 5.95. The maximum absolute atomic E-state index is 12.5. The number of carbonyl (C=O) groups is 2. The van der Waals surface area contributed by atoms with Crippen LogP contribution in [0, 0.1) is 0 Å². The summed E-state index contributed by atoms with van der Waals surface area (Å²) in [5, 5.41) is 2.94. The van der Waals surface area contributed by atoms with Crippen LogP contribution in [0.2, 0.25) is 0 Å². The molecule has 0 spiro atoms. The summed E-state index contributed by atoms with van der Waals surface area (Å²) < 4.78 is 5.88. The maximum Gasteiger partial charge on any atom is 0.261 e. The minimum absolute atomic E-state index is 0.148. The fourth-order valence-electron chi connectivity index (χ4n) is 4.13. The van der Waals surface area contributed by atoms with Crippen molar-refractivity contribution in [3.63, 3.8) is 0 Å². The number of ether oxygens (including phenoxy) is 1. The molecule has 152 valence electrons. The average Bonchev–Trinajstić information content (AvgIpc) is 3.18. The Balaban J connectivity index is 1.33. The number of hydrogen-bond acceptors (Lipinski definition) is 3. The lowest BCUT2D eigenvalue weighted by Gasteiger charge is -2.19. The van der Waals surface area contributed by atoms with E-state index in [1.54, 1.807) is 6.92 Å². The average molecular weight is 392 g/mol. The van der Waals surface area contributed by atoms with E-state index in [2.05, 4.69) is 17.4 Å². The van der Waals surface area contributed by atoms with Gasteiger partial charge in [0.25, 0.3) is 5.91 Å². The summed E-state index contributed by atoms with van der Waals surface area (Å²) in [5.74, 6) is 0.770. The highest BCUT2D eigenvalue weighted by Crippen LogP contribution is 2.26. The fraction of sp³-hybridized carbons (Fsp3) is 0.417. The lowest BCUT2D eigenvalue weighted by atomic mass is 9.92. The smallest absolute Gasteiger partial charge is 0.261 e. The normalized spacial score (nSPS) is 17.0. The van der Waals surface area contributed by atoms with Crippen molar-refractivity contribution in [2.45, 2.75) is 58.1 Å². The first kappa shape index (κ1) is 19.5. The van der Waals surface area contributed by atoms with Gasteiger partial charge >= 0.3 is 0 Å². The van der Waals surface area contributed by atoms with Gasteiger partial charge in [-0.05, 0) is 80.0 Å². The lowest BCUT2D eigenvalue weighted by molar-refractivity contribution is -0.127. The van der Waals surface area contributed by atoms with Crippen molar-refractivity contribution in [3.05, 3.63) is 59.2 Å². The van der Waals surface area contributed by atoms with Gasteiger partial charge in [0.1, 0.15) is 5.75 Å². The van der Waals surface area contributed by atoms with E-state index in [1.807, 2.05) is 35.2 Å². The zero-order valence-corrected chi connectivity index (χ0v) is 16.9. The molecule has 0 saturated carbocycles. The topological polar surface area (TPSA) is 58.6 Å². The van der Waals surface area contributed by atoms with Gasteiger partial charge in [0, 0.05) is 25.2 Å². The molecule has 1 N–H and O–H groups in total. The molecule has 0 aromatic heterocycles. The molecule has 1 atom stereocenters. The van der Waals surface area contributed by atoms with E-state index >= 15 is 0 Å². The Morgan fingerprint density at radius 2 is 1.90 bits per heavy atom. The molecule has 2 aliphatic rings. The van der Waals surface area contributed by atoms with Gasteiger partial charge < -0.3 is 15.0 Å². The third kappa shape index (κ3) is 4.61. The van der Waals surface area contributed by atoms with Crippen molar-refractivity contribution in [2.75, 3.05) is 11.4 Å². The first-order chi connectivity index (χ1) is 14.1. The minimum atomic E-state index is -0.569. The summed E-state index contributed by atoms with van der Waals surface area (Å²) in [6, 6.07) is 14.0. The van der Waals surface area contributed by atoms with Crippen LogP contribution in [0.1, 0.15) is 49.3 Å². The number of nitrogens with one attached hydrogen (secondary N) is 1. The molecule has 0 bridgehead atoms. The number of nitrogens with zero attached hydrogens (tertiary/aromatic N) is 1. The number of carbonyl (C=O) groups excluding carboxylic acids is 2. The van der Waals surface area contributed by atoms with Crippen molar-refractivity contribution >= 4 is 17.5 Å². The Kier molecular flexibility index (Phi) is 5.84.